The summed E-state index contributed by atoms with van der Waals surface area (Å²) >= 11 is 0. The SMILES string of the molecule is CCCc1nc2cccnc2n1-c1ccco1. The van der Waals surface area contributed by atoms with Gasteiger partial charge in [-0.05, 0) is 24.6 Å². The Morgan fingerprint density at radius 1 is 1.29 bits per heavy atom. The molecular weight excluding hydrogens is 214 g/mol. The molecule has 0 unspecified atom stereocenters. The van der Waals surface area contributed by atoms with Gasteiger partial charge in [0, 0.05) is 18.7 Å². The largest absolute Gasteiger partial charge is 0.448 e. The first-order valence-corrected chi connectivity index (χ1v) is 5.76. The zero-order valence-electron chi connectivity index (χ0n) is 9.63. The molecule has 86 valence electrons. The van der Waals surface area contributed by atoms with E-state index >= 15 is 0 Å². The molecule has 3 aromatic heterocycles. The number of aryl methyl sites for hydroxylation is 1. The van der Waals surface area contributed by atoms with Crippen LogP contribution in [0.5, 0.6) is 0 Å². The molecular formula is C13H13N3O. The van der Waals surface area contributed by atoms with Gasteiger partial charge in [0.25, 0.3) is 0 Å². The topological polar surface area (TPSA) is 43.9 Å². The average molecular weight is 227 g/mol. The maximum atomic E-state index is 5.46. The number of nitrogens with zero attached hydrogens (tertiary/aromatic N) is 3. The van der Waals surface area contributed by atoms with E-state index in [9.17, 15) is 0 Å². The van der Waals surface area contributed by atoms with E-state index in [4.69, 9.17) is 4.42 Å². The van der Waals surface area contributed by atoms with E-state index in [1.807, 2.05) is 28.8 Å². The zero-order valence-corrected chi connectivity index (χ0v) is 9.63. The normalized spacial score (nSPS) is 11.1. The first-order valence-electron chi connectivity index (χ1n) is 5.76. The van der Waals surface area contributed by atoms with Crippen molar-refractivity contribution in [2.24, 2.45) is 0 Å². The number of hydrogen-bond acceptors (Lipinski definition) is 3. The Morgan fingerprint density at radius 2 is 2.24 bits per heavy atom. The molecule has 0 radical (unpaired) electrons. The summed E-state index contributed by atoms with van der Waals surface area (Å²) in [5, 5.41) is 0. The van der Waals surface area contributed by atoms with Gasteiger partial charge in [-0.3, -0.25) is 0 Å². The van der Waals surface area contributed by atoms with Crippen molar-refractivity contribution in [2.45, 2.75) is 19.8 Å². The average Bonchev–Trinajstić information content (AvgIpc) is 2.94. The smallest absolute Gasteiger partial charge is 0.206 e. The van der Waals surface area contributed by atoms with Gasteiger partial charge >= 0.3 is 0 Å². The van der Waals surface area contributed by atoms with Gasteiger partial charge in [0.05, 0.1) is 6.26 Å². The fourth-order valence-electron chi connectivity index (χ4n) is 1.98. The number of rotatable bonds is 3. The summed E-state index contributed by atoms with van der Waals surface area (Å²) in [5.41, 5.74) is 1.76. The summed E-state index contributed by atoms with van der Waals surface area (Å²) in [4.78, 5) is 8.98. The van der Waals surface area contributed by atoms with Crippen LogP contribution < -0.4 is 0 Å². The second-order valence-corrected chi connectivity index (χ2v) is 3.91. The molecule has 17 heavy (non-hydrogen) atoms. The van der Waals surface area contributed by atoms with Crippen LogP contribution in [0.3, 0.4) is 0 Å². The van der Waals surface area contributed by atoms with Crippen LogP contribution in [0.4, 0.5) is 0 Å². The predicted molar refractivity (Wildman–Crippen MR) is 65.1 cm³/mol. The van der Waals surface area contributed by atoms with Crippen molar-refractivity contribution in [3.05, 3.63) is 42.5 Å². The van der Waals surface area contributed by atoms with E-state index in [0.717, 1.165) is 35.7 Å². The molecule has 4 heteroatoms. The number of furan rings is 1. The van der Waals surface area contributed by atoms with Crippen LogP contribution in [0.1, 0.15) is 19.2 Å². The van der Waals surface area contributed by atoms with Gasteiger partial charge in [0.2, 0.25) is 5.88 Å². The van der Waals surface area contributed by atoms with E-state index in [1.165, 1.54) is 0 Å². The Bertz CT molecular complexity index is 625. The number of hydrogen-bond donors (Lipinski definition) is 0. The van der Waals surface area contributed by atoms with Crippen LogP contribution in [-0.4, -0.2) is 14.5 Å². The highest BCUT2D eigenvalue weighted by molar-refractivity contribution is 5.73. The second kappa shape index (κ2) is 4.05. The van der Waals surface area contributed by atoms with Crippen LogP contribution in [0, 0.1) is 0 Å². The van der Waals surface area contributed by atoms with Crippen molar-refractivity contribution >= 4 is 11.2 Å². The summed E-state index contributed by atoms with van der Waals surface area (Å²) in [7, 11) is 0. The summed E-state index contributed by atoms with van der Waals surface area (Å²) in [6, 6.07) is 7.67. The maximum Gasteiger partial charge on any atom is 0.206 e. The molecule has 0 aliphatic rings. The predicted octanol–water partition coefficient (Wildman–Crippen LogP) is 2.97. The maximum absolute atomic E-state index is 5.46. The van der Waals surface area contributed by atoms with Crippen LogP contribution in [0.2, 0.25) is 0 Å². The quantitative estimate of drug-likeness (QED) is 0.691. The molecule has 4 nitrogen and oxygen atoms in total. The fourth-order valence-corrected chi connectivity index (χ4v) is 1.98. The number of imidazole rings is 1. The number of fused-ring (bicyclic) bond motifs is 1. The second-order valence-electron chi connectivity index (χ2n) is 3.91. The molecule has 0 aliphatic heterocycles. The molecule has 3 rings (SSSR count). The highest BCUT2D eigenvalue weighted by Gasteiger charge is 2.13. The molecule has 0 saturated heterocycles. The third kappa shape index (κ3) is 1.62. The lowest BCUT2D eigenvalue weighted by molar-refractivity contribution is 0.534. The summed E-state index contributed by atoms with van der Waals surface area (Å²) in [5.74, 6) is 1.77. The van der Waals surface area contributed by atoms with Crippen molar-refractivity contribution in [3.8, 4) is 5.88 Å². The van der Waals surface area contributed by atoms with Crippen molar-refractivity contribution in [2.75, 3.05) is 0 Å². The van der Waals surface area contributed by atoms with E-state index in [0.29, 0.717) is 0 Å². The van der Waals surface area contributed by atoms with Gasteiger partial charge < -0.3 is 4.42 Å². The van der Waals surface area contributed by atoms with Gasteiger partial charge in [-0.15, -0.1) is 0 Å². The lowest BCUT2D eigenvalue weighted by Gasteiger charge is -2.03. The molecule has 0 aromatic carbocycles. The lowest BCUT2D eigenvalue weighted by atomic mass is 10.3. The highest BCUT2D eigenvalue weighted by Crippen LogP contribution is 2.20. The van der Waals surface area contributed by atoms with Gasteiger partial charge in [-0.1, -0.05) is 6.92 Å². The Hall–Kier alpha value is -2.10. The van der Waals surface area contributed by atoms with Gasteiger partial charge in [0.15, 0.2) is 5.65 Å². The minimum atomic E-state index is 0.773. The first-order chi connectivity index (χ1) is 8.40. The van der Waals surface area contributed by atoms with Gasteiger partial charge in [-0.2, -0.15) is 0 Å². The highest BCUT2D eigenvalue weighted by atomic mass is 16.3. The molecule has 0 saturated carbocycles. The summed E-state index contributed by atoms with van der Waals surface area (Å²) in [6.45, 7) is 2.14. The summed E-state index contributed by atoms with van der Waals surface area (Å²) in [6.07, 6.45) is 5.40. The first kappa shape index (κ1) is 10.1. The molecule has 0 atom stereocenters. The molecule has 0 amide bonds. The fraction of sp³-hybridized carbons (Fsp3) is 0.231. The number of pyridine rings is 1. The van der Waals surface area contributed by atoms with Gasteiger partial charge in [0.1, 0.15) is 11.3 Å². The van der Waals surface area contributed by atoms with E-state index in [2.05, 4.69) is 16.9 Å². The van der Waals surface area contributed by atoms with E-state index in [-0.39, 0.29) is 0 Å². The number of aromatic nitrogens is 3. The Kier molecular flexibility index (Phi) is 2.40. The summed E-state index contributed by atoms with van der Waals surface area (Å²) < 4.78 is 7.44. The van der Waals surface area contributed by atoms with E-state index < -0.39 is 0 Å². The van der Waals surface area contributed by atoms with Crippen LogP contribution in [0.15, 0.2) is 41.1 Å². The molecule has 0 fully saturated rings. The molecule has 0 spiro atoms. The Morgan fingerprint density at radius 3 is 3.00 bits per heavy atom. The Labute approximate surface area is 98.9 Å². The standard InChI is InChI=1S/C13H13N3O/c1-2-5-11-15-10-6-3-8-14-13(10)16(11)12-7-4-9-17-12/h3-4,6-9H,2,5H2,1H3. The molecule has 3 heterocycles. The monoisotopic (exact) mass is 227 g/mol. The molecule has 3 aromatic rings. The van der Waals surface area contributed by atoms with Crippen molar-refractivity contribution in [1.29, 1.82) is 0 Å². The van der Waals surface area contributed by atoms with Crippen LogP contribution >= 0.6 is 0 Å². The molecule has 0 aliphatic carbocycles. The lowest BCUT2D eigenvalue weighted by Crippen LogP contribution is -2.00. The Balaban J connectivity index is 2.28. The third-order valence-electron chi connectivity index (χ3n) is 2.69. The van der Waals surface area contributed by atoms with Gasteiger partial charge in [-0.25, -0.2) is 14.5 Å². The minimum absolute atomic E-state index is 0.773. The molecule has 0 N–H and O–H groups in total. The van der Waals surface area contributed by atoms with Crippen molar-refractivity contribution in [3.63, 3.8) is 0 Å². The minimum Gasteiger partial charge on any atom is -0.448 e. The zero-order chi connectivity index (χ0) is 11.7. The van der Waals surface area contributed by atoms with Crippen molar-refractivity contribution in [1.82, 2.24) is 14.5 Å². The van der Waals surface area contributed by atoms with Crippen molar-refractivity contribution < 1.29 is 4.42 Å². The molecule has 0 bridgehead atoms. The van der Waals surface area contributed by atoms with Crippen LogP contribution in [0.25, 0.3) is 17.0 Å². The van der Waals surface area contributed by atoms with E-state index in [1.54, 1.807) is 12.5 Å². The third-order valence-corrected chi connectivity index (χ3v) is 2.69. The van der Waals surface area contributed by atoms with Crippen LogP contribution in [-0.2, 0) is 6.42 Å².